The summed E-state index contributed by atoms with van der Waals surface area (Å²) >= 11 is 7.56. The van der Waals surface area contributed by atoms with E-state index in [1.54, 1.807) is 18.4 Å². The lowest BCUT2D eigenvalue weighted by atomic mass is 10.1. The molecule has 0 radical (unpaired) electrons. The van der Waals surface area contributed by atoms with Gasteiger partial charge in [-0.15, -0.1) is 11.3 Å². The highest BCUT2D eigenvalue weighted by molar-refractivity contribution is 7.16. The molecule has 0 aliphatic rings. The van der Waals surface area contributed by atoms with Gasteiger partial charge in [0.15, 0.2) is 0 Å². The molecule has 0 saturated heterocycles. The molecule has 90 valence electrons. The van der Waals surface area contributed by atoms with E-state index in [0.29, 0.717) is 0 Å². The Kier molecular flexibility index (Phi) is 4.05. The number of hydrogen-bond donors (Lipinski definition) is 1. The molecule has 1 heterocycles. The van der Waals surface area contributed by atoms with Gasteiger partial charge in [0.25, 0.3) is 0 Å². The average molecular weight is 268 g/mol. The largest absolute Gasteiger partial charge is 0.497 e. The predicted molar refractivity (Wildman–Crippen MR) is 73.2 cm³/mol. The van der Waals surface area contributed by atoms with Crippen molar-refractivity contribution >= 4 is 22.9 Å². The molecule has 0 fully saturated rings. The van der Waals surface area contributed by atoms with E-state index >= 15 is 0 Å². The summed E-state index contributed by atoms with van der Waals surface area (Å²) in [6.45, 7) is 0. The van der Waals surface area contributed by atoms with Crippen molar-refractivity contribution < 1.29 is 4.74 Å². The lowest BCUT2D eigenvalue weighted by Crippen LogP contribution is -2.16. The number of halogens is 1. The van der Waals surface area contributed by atoms with Crippen molar-refractivity contribution in [2.75, 3.05) is 14.2 Å². The van der Waals surface area contributed by atoms with Gasteiger partial charge in [-0.2, -0.15) is 0 Å². The summed E-state index contributed by atoms with van der Waals surface area (Å²) < 4.78 is 5.97. The number of ether oxygens (including phenoxy) is 1. The van der Waals surface area contributed by atoms with E-state index < -0.39 is 0 Å². The van der Waals surface area contributed by atoms with Gasteiger partial charge in [0, 0.05) is 4.88 Å². The second kappa shape index (κ2) is 5.54. The molecule has 0 amide bonds. The molecule has 0 saturated carbocycles. The minimum absolute atomic E-state index is 0.179. The van der Waals surface area contributed by atoms with E-state index in [-0.39, 0.29) is 6.04 Å². The van der Waals surface area contributed by atoms with Crippen LogP contribution in [0, 0.1) is 0 Å². The van der Waals surface area contributed by atoms with Gasteiger partial charge in [0.2, 0.25) is 0 Å². The van der Waals surface area contributed by atoms with Gasteiger partial charge in [-0.25, -0.2) is 0 Å². The van der Waals surface area contributed by atoms with Crippen LogP contribution in [0.3, 0.4) is 0 Å². The van der Waals surface area contributed by atoms with Crippen LogP contribution >= 0.6 is 22.9 Å². The van der Waals surface area contributed by atoms with E-state index in [1.165, 1.54) is 10.4 Å². The SMILES string of the molecule is CNC(c1ccc(OC)cc1)c1ccc(Cl)s1. The zero-order valence-corrected chi connectivity index (χ0v) is 11.3. The van der Waals surface area contributed by atoms with Crippen LogP contribution in [0.1, 0.15) is 16.5 Å². The predicted octanol–water partition coefficient (Wildman–Crippen LogP) is 3.72. The first-order valence-corrected chi connectivity index (χ1v) is 6.50. The third-order valence-corrected chi connectivity index (χ3v) is 3.91. The molecule has 0 aliphatic carbocycles. The average Bonchev–Trinajstić information content (AvgIpc) is 2.78. The highest BCUT2D eigenvalue weighted by atomic mass is 35.5. The van der Waals surface area contributed by atoms with Crippen molar-refractivity contribution in [1.82, 2.24) is 5.32 Å². The van der Waals surface area contributed by atoms with Crippen molar-refractivity contribution in [2.45, 2.75) is 6.04 Å². The summed E-state index contributed by atoms with van der Waals surface area (Å²) in [5.41, 5.74) is 1.20. The van der Waals surface area contributed by atoms with Crippen molar-refractivity contribution in [3.8, 4) is 5.75 Å². The molecule has 4 heteroatoms. The summed E-state index contributed by atoms with van der Waals surface area (Å²) in [7, 11) is 3.62. The van der Waals surface area contributed by atoms with Crippen LogP contribution in [0.5, 0.6) is 5.75 Å². The Labute approximate surface area is 110 Å². The molecule has 1 aromatic carbocycles. The molecule has 1 unspecified atom stereocenters. The summed E-state index contributed by atoms with van der Waals surface area (Å²) in [6.07, 6.45) is 0. The van der Waals surface area contributed by atoms with Crippen LogP contribution in [0.25, 0.3) is 0 Å². The van der Waals surface area contributed by atoms with Gasteiger partial charge in [-0.3, -0.25) is 0 Å². The highest BCUT2D eigenvalue weighted by Crippen LogP contribution is 2.31. The first-order chi connectivity index (χ1) is 8.24. The van der Waals surface area contributed by atoms with E-state index in [1.807, 2.05) is 25.2 Å². The molecule has 17 heavy (non-hydrogen) atoms. The minimum Gasteiger partial charge on any atom is -0.497 e. The normalized spacial score (nSPS) is 12.4. The van der Waals surface area contributed by atoms with Crippen LogP contribution in [-0.4, -0.2) is 14.2 Å². The third-order valence-electron chi connectivity index (χ3n) is 2.62. The van der Waals surface area contributed by atoms with Crippen molar-refractivity contribution in [2.24, 2.45) is 0 Å². The van der Waals surface area contributed by atoms with Gasteiger partial charge in [0.05, 0.1) is 17.5 Å². The van der Waals surface area contributed by atoms with Gasteiger partial charge < -0.3 is 10.1 Å². The number of thiophene rings is 1. The molecular formula is C13H14ClNOS. The second-order valence-electron chi connectivity index (χ2n) is 3.64. The van der Waals surface area contributed by atoms with Crippen LogP contribution < -0.4 is 10.1 Å². The van der Waals surface area contributed by atoms with Gasteiger partial charge in [-0.1, -0.05) is 23.7 Å². The Balaban J connectivity index is 2.28. The maximum Gasteiger partial charge on any atom is 0.118 e. The summed E-state index contributed by atoms with van der Waals surface area (Å²) in [4.78, 5) is 1.21. The Morgan fingerprint density at radius 3 is 2.35 bits per heavy atom. The molecule has 1 atom stereocenters. The fourth-order valence-corrected chi connectivity index (χ4v) is 2.95. The Bertz CT molecular complexity index is 480. The second-order valence-corrected chi connectivity index (χ2v) is 5.38. The minimum atomic E-state index is 0.179. The Morgan fingerprint density at radius 2 is 1.88 bits per heavy atom. The standard InChI is InChI=1S/C13H14ClNOS/c1-15-13(11-7-8-12(14)17-11)9-3-5-10(16-2)6-4-9/h3-8,13,15H,1-2H3. The molecule has 2 aromatic rings. The smallest absolute Gasteiger partial charge is 0.118 e. The number of benzene rings is 1. The Morgan fingerprint density at radius 1 is 1.18 bits per heavy atom. The molecule has 2 rings (SSSR count). The summed E-state index contributed by atoms with van der Waals surface area (Å²) in [5.74, 6) is 0.868. The Hall–Kier alpha value is -1.03. The monoisotopic (exact) mass is 267 g/mol. The molecule has 2 nitrogen and oxygen atoms in total. The van der Waals surface area contributed by atoms with E-state index in [2.05, 4.69) is 23.5 Å². The van der Waals surface area contributed by atoms with E-state index in [0.717, 1.165) is 10.1 Å². The lowest BCUT2D eigenvalue weighted by molar-refractivity contribution is 0.414. The van der Waals surface area contributed by atoms with Gasteiger partial charge in [-0.05, 0) is 36.9 Å². The fourth-order valence-electron chi connectivity index (χ4n) is 1.75. The van der Waals surface area contributed by atoms with Crippen LogP contribution in [0.15, 0.2) is 36.4 Å². The number of hydrogen-bond acceptors (Lipinski definition) is 3. The van der Waals surface area contributed by atoms with Crippen molar-refractivity contribution in [3.05, 3.63) is 51.2 Å². The van der Waals surface area contributed by atoms with E-state index in [9.17, 15) is 0 Å². The maximum absolute atomic E-state index is 5.97. The quantitative estimate of drug-likeness (QED) is 0.912. The van der Waals surface area contributed by atoms with Crippen LogP contribution in [-0.2, 0) is 0 Å². The number of nitrogens with one attached hydrogen (secondary N) is 1. The van der Waals surface area contributed by atoms with Crippen LogP contribution in [0.4, 0.5) is 0 Å². The van der Waals surface area contributed by atoms with Gasteiger partial charge in [0.1, 0.15) is 5.75 Å². The number of methoxy groups -OCH3 is 1. The van der Waals surface area contributed by atoms with E-state index in [4.69, 9.17) is 16.3 Å². The molecule has 0 aliphatic heterocycles. The zero-order valence-electron chi connectivity index (χ0n) is 9.74. The topological polar surface area (TPSA) is 21.3 Å². The van der Waals surface area contributed by atoms with Crippen molar-refractivity contribution in [3.63, 3.8) is 0 Å². The first-order valence-electron chi connectivity index (χ1n) is 5.31. The van der Waals surface area contributed by atoms with Gasteiger partial charge >= 0.3 is 0 Å². The molecule has 1 N–H and O–H groups in total. The third kappa shape index (κ3) is 2.80. The molecular weight excluding hydrogens is 254 g/mol. The molecule has 1 aromatic heterocycles. The fraction of sp³-hybridized carbons (Fsp3) is 0.231. The molecule has 0 bridgehead atoms. The first kappa shape index (κ1) is 12.4. The highest BCUT2D eigenvalue weighted by Gasteiger charge is 2.13. The summed E-state index contributed by atoms with van der Waals surface area (Å²) in [6, 6.07) is 12.2. The maximum atomic E-state index is 5.97. The van der Waals surface area contributed by atoms with Crippen LogP contribution in [0.2, 0.25) is 4.34 Å². The number of rotatable bonds is 4. The molecule has 0 spiro atoms. The van der Waals surface area contributed by atoms with Crippen molar-refractivity contribution in [1.29, 1.82) is 0 Å². The zero-order chi connectivity index (χ0) is 12.3. The lowest BCUT2D eigenvalue weighted by Gasteiger charge is -2.15. The summed E-state index contributed by atoms with van der Waals surface area (Å²) in [5, 5.41) is 3.30.